The maximum absolute atomic E-state index is 12.0. The third-order valence-electron chi connectivity index (χ3n) is 2.16. The summed E-state index contributed by atoms with van der Waals surface area (Å²) < 4.78 is 16.9. The van der Waals surface area contributed by atoms with Gasteiger partial charge in [0.1, 0.15) is 5.25 Å². The maximum atomic E-state index is 12.0. The largest absolute Gasteiger partial charge is 0.465 e. The van der Waals surface area contributed by atoms with Gasteiger partial charge in [-0.1, -0.05) is 12.1 Å². The first-order chi connectivity index (χ1) is 7.56. The minimum atomic E-state index is -1.34. The molecular formula is C12H16O3S. The number of carbonyl (C=O) groups is 1. The van der Waals surface area contributed by atoms with Crippen LogP contribution in [0.3, 0.4) is 0 Å². The van der Waals surface area contributed by atoms with E-state index in [0.717, 1.165) is 5.56 Å². The molecule has 0 N–H and O–H groups in total. The van der Waals surface area contributed by atoms with Gasteiger partial charge in [0, 0.05) is 4.90 Å². The van der Waals surface area contributed by atoms with Crippen LogP contribution < -0.4 is 0 Å². The van der Waals surface area contributed by atoms with Crippen LogP contribution in [0.5, 0.6) is 0 Å². The molecule has 0 aliphatic heterocycles. The molecule has 1 aromatic rings. The lowest BCUT2D eigenvalue weighted by Crippen LogP contribution is -2.25. The monoisotopic (exact) mass is 240 g/mol. The van der Waals surface area contributed by atoms with Crippen molar-refractivity contribution in [3.63, 3.8) is 0 Å². The summed E-state index contributed by atoms with van der Waals surface area (Å²) in [6.07, 6.45) is 0. The van der Waals surface area contributed by atoms with Crippen LogP contribution in [0, 0.1) is 6.92 Å². The zero-order chi connectivity index (χ0) is 12.1. The minimum Gasteiger partial charge on any atom is -0.465 e. The van der Waals surface area contributed by atoms with Crippen LogP contribution >= 0.6 is 0 Å². The molecule has 0 saturated carbocycles. The third kappa shape index (κ3) is 3.17. The summed E-state index contributed by atoms with van der Waals surface area (Å²) in [4.78, 5) is 12.1. The van der Waals surface area contributed by atoms with Gasteiger partial charge < -0.3 is 4.74 Å². The Morgan fingerprint density at radius 3 is 2.75 bits per heavy atom. The van der Waals surface area contributed by atoms with Gasteiger partial charge in [0.15, 0.2) is 0 Å². The smallest absolute Gasteiger partial charge is 0.321 e. The highest BCUT2D eigenvalue weighted by molar-refractivity contribution is 7.86. The Kier molecular flexibility index (Phi) is 4.68. The zero-order valence-corrected chi connectivity index (χ0v) is 10.5. The van der Waals surface area contributed by atoms with Crippen LogP contribution in [0.15, 0.2) is 29.2 Å². The van der Waals surface area contributed by atoms with E-state index >= 15 is 0 Å². The number of ether oxygens (including phenoxy) is 1. The normalized spacial score (nSPS) is 14.2. The Morgan fingerprint density at radius 1 is 1.50 bits per heavy atom. The molecule has 0 aliphatic carbocycles. The molecule has 0 aliphatic rings. The molecule has 3 nitrogen and oxygen atoms in total. The maximum Gasteiger partial charge on any atom is 0.321 e. The molecule has 16 heavy (non-hydrogen) atoms. The molecule has 0 spiro atoms. The second kappa shape index (κ2) is 5.80. The van der Waals surface area contributed by atoms with Crippen molar-refractivity contribution in [2.24, 2.45) is 0 Å². The van der Waals surface area contributed by atoms with Gasteiger partial charge in [0.25, 0.3) is 0 Å². The predicted molar refractivity (Wildman–Crippen MR) is 63.7 cm³/mol. The topological polar surface area (TPSA) is 43.4 Å². The molecule has 0 heterocycles. The fourth-order valence-corrected chi connectivity index (χ4v) is 2.46. The molecule has 2 unspecified atom stereocenters. The molecule has 0 bridgehead atoms. The fourth-order valence-electron chi connectivity index (χ4n) is 1.29. The molecule has 0 aromatic heterocycles. The minimum absolute atomic E-state index is 0.314. The van der Waals surface area contributed by atoms with Gasteiger partial charge in [-0.25, -0.2) is 0 Å². The molecule has 88 valence electrons. The summed E-state index contributed by atoms with van der Waals surface area (Å²) in [6, 6.07) is 7.35. The van der Waals surface area contributed by atoms with Gasteiger partial charge in [-0.2, -0.15) is 0 Å². The van der Waals surface area contributed by atoms with E-state index in [1.165, 1.54) is 0 Å². The van der Waals surface area contributed by atoms with Gasteiger partial charge >= 0.3 is 5.97 Å². The van der Waals surface area contributed by atoms with Crippen LogP contribution in [0.2, 0.25) is 0 Å². The first kappa shape index (κ1) is 12.9. The van der Waals surface area contributed by atoms with Gasteiger partial charge in [-0.3, -0.25) is 9.00 Å². The van der Waals surface area contributed by atoms with Crippen LogP contribution in [0.25, 0.3) is 0 Å². The van der Waals surface area contributed by atoms with E-state index in [0.29, 0.717) is 11.5 Å². The highest BCUT2D eigenvalue weighted by atomic mass is 32.2. The van der Waals surface area contributed by atoms with Gasteiger partial charge in [-0.15, -0.1) is 0 Å². The average Bonchev–Trinajstić information content (AvgIpc) is 2.27. The van der Waals surface area contributed by atoms with Crippen LogP contribution in [0.4, 0.5) is 0 Å². The van der Waals surface area contributed by atoms with Crippen molar-refractivity contribution in [1.82, 2.24) is 0 Å². The number of aryl methyl sites for hydroxylation is 1. The zero-order valence-electron chi connectivity index (χ0n) is 9.73. The molecule has 0 fully saturated rings. The third-order valence-corrected chi connectivity index (χ3v) is 3.71. The second-order valence-corrected chi connectivity index (χ2v) is 5.28. The summed E-state index contributed by atoms with van der Waals surface area (Å²) in [5, 5.41) is -0.623. The van der Waals surface area contributed by atoms with Crippen molar-refractivity contribution in [3.05, 3.63) is 29.8 Å². The van der Waals surface area contributed by atoms with Gasteiger partial charge in [0.2, 0.25) is 0 Å². The number of rotatable bonds is 4. The molecule has 2 atom stereocenters. The van der Waals surface area contributed by atoms with E-state index in [1.54, 1.807) is 19.9 Å². The predicted octanol–water partition coefficient (Wildman–Crippen LogP) is 2.05. The number of carbonyl (C=O) groups excluding carboxylic acids is 1. The van der Waals surface area contributed by atoms with E-state index in [4.69, 9.17) is 4.74 Å². The first-order valence-corrected chi connectivity index (χ1v) is 6.41. The second-order valence-electron chi connectivity index (χ2n) is 3.51. The van der Waals surface area contributed by atoms with E-state index in [2.05, 4.69) is 0 Å². The first-order valence-electron chi connectivity index (χ1n) is 5.20. The number of hydrogen-bond acceptors (Lipinski definition) is 3. The van der Waals surface area contributed by atoms with Crippen LogP contribution in [-0.4, -0.2) is 22.0 Å². The van der Waals surface area contributed by atoms with Crippen molar-refractivity contribution < 1.29 is 13.7 Å². The van der Waals surface area contributed by atoms with E-state index < -0.39 is 22.0 Å². The van der Waals surface area contributed by atoms with Crippen molar-refractivity contribution in [1.29, 1.82) is 0 Å². The Hall–Kier alpha value is -1.16. The summed E-state index contributed by atoms with van der Waals surface area (Å²) in [7, 11) is -1.34. The Balaban J connectivity index is 2.82. The Bertz CT molecular complexity index is 401. The molecule has 0 amide bonds. The Labute approximate surface area is 98.3 Å². The number of benzene rings is 1. The summed E-state index contributed by atoms with van der Waals surface area (Å²) >= 11 is 0. The van der Waals surface area contributed by atoms with Gasteiger partial charge in [0.05, 0.1) is 17.4 Å². The van der Waals surface area contributed by atoms with Crippen LogP contribution in [-0.2, 0) is 20.3 Å². The highest BCUT2D eigenvalue weighted by Gasteiger charge is 2.22. The molecule has 1 rings (SSSR count). The summed E-state index contributed by atoms with van der Waals surface area (Å²) in [6.45, 7) is 5.60. The summed E-state index contributed by atoms with van der Waals surface area (Å²) in [5.74, 6) is -0.415. The summed E-state index contributed by atoms with van der Waals surface area (Å²) in [5.41, 5.74) is 1.03. The molecule has 0 radical (unpaired) electrons. The standard InChI is InChI=1S/C12H16O3S/c1-4-15-12(13)10(3)16(14)11-7-5-6-9(2)8-11/h5-8,10H,4H2,1-3H3. The Morgan fingerprint density at radius 2 is 2.19 bits per heavy atom. The molecule has 4 heteroatoms. The lowest BCUT2D eigenvalue weighted by molar-refractivity contribution is -0.142. The number of hydrogen-bond donors (Lipinski definition) is 0. The van der Waals surface area contributed by atoms with Crippen molar-refractivity contribution >= 4 is 16.8 Å². The molecule has 0 saturated heterocycles. The number of esters is 1. The quantitative estimate of drug-likeness (QED) is 0.757. The molecule has 1 aromatic carbocycles. The molecular weight excluding hydrogens is 224 g/mol. The van der Waals surface area contributed by atoms with Crippen molar-refractivity contribution in [3.8, 4) is 0 Å². The van der Waals surface area contributed by atoms with Crippen LogP contribution in [0.1, 0.15) is 19.4 Å². The van der Waals surface area contributed by atoms with E-state index in [9.17, 15) is 9.00 Å². The van der Waals surface area contributed by atoms with Crippen molar-refractivity contribution in [2.45, 2.75) is 30.9 Å². The highest BCUT2D eigenvalue weighted by Crippen LogP contribution is 2.13. The average molecular weight is 240 g/mol. The lowest BCUT2D eigenvalue weighted by atomic mass is 10.2. The van der Waals surface area contributed by atoms with Crippen molar-refractivity contribution in [2.75, 3.05) is 6.61 Å². The van der Waals surface area contributed by atoms with E-state index in [1.807, 2.05) is 25.1 Å². The van der Waals surface area contributed by atoms with Gasteiger partial charge in [-0.05, 0) is 38.5 Å². The SMILES string of the molecule is CCOC(=O)C(C)S(=O)c1cccc(C)c1. The lowest BCUT2D eigenvalue weighted by Gasteiger charge is -2.10. The fraction of sp³-hybridized carbons (Fsp3) is 0.417. The van der Waals surface area contributed by atoms with E-state index in [-0.39, 0.29) is 0 Å².